The lowest BCUT2D eigenvalue weighted by atomic mass is 10.1. The summed E-state index contributed by atoms with van der Waals surface area (Å²) < 4.78 is 30.3. The first kappa shape index (κ1) is 22.7. The van der Waals surface area contributed by atoms with Gasteiger partial charge in [-0.3, -0.25) is 4.57 Å². The van der Waals surface area contributed by atoms with E-state index in [1.165, 1.54) is 24.9 Å². The van der Waals surface area contributed by atoms with Crippen molar-refractivity contribution in [1.29, 1.82) is 0 Å². The molecule has 6 nitrogen and oxygen atoms in total. The third-order valence-electron chi connectivity index (χ3n) is 5.26. The quantitative estimate of drug-likeness (QED) is 0.460. The second-order valence-electron chi connectivity index (χ2n) is 7.29. The monoisotopic (exact) mass is 432 g/mol. The minimum absolute atomic E-state index is 0.309. The average Bonchev–Trinajstić information content (AvgIpc) is 2.79. The molecule has 1 aliphatic rings. The van der Waals surface area contributed by atoms with E-state index in [2.05, 4.69) is 22.3 Å². The summed E-state index contributed by atoms with van der Waals surface area (Å²) in [6.07, 6.45) is 3.76. The number of methoxy groups -OCH3 is 1. The molecular weight excluding hydrogens is 399 g/mol. The number of nitrogens with one attached hydrogen (secondary N) is 1. The molecule has 30 heavy (non-hydrogen) atoms. The molecule has 0 bridgehead atoms. The fourth-order valence-electron chi connectivity index (χ4n) is 3.76. The van der Waals surface area contributed by atoms with Crippen LogP contribution < -0.4 is 15.0 Å². The summed E-state index contributed by atoms with van der Waals surface area (Å²) in [5.41, 5.74) is 2.89. The van der Waals surface area contributed by atoms with Crippen LogP contribution in [0.5, 0.6) is 5.75 Å². The first-order chi connectivity index (χ1) is 14.6. The number of nitrogens with zero attached hydrogens (tertiary/aromatic N) is 1. The van der Waals surface area contributed by atoms with E-state index in [9.17, 15) is 4.57 Å². The Hall–Kier alpha value is -2.01. The highest BCUT2D eigenvalue weighted by atomic mass is 31.2. The summed E-state index contributed by atoms with van der Waals surface area (Å²) in [4.78, 5) is 2.41. The Morgan fingerprint density at radius 2 is 1.53 bits per heavy atom. The van der Waals surface area contributed by atoms with Crippen molar-refractivity contribution in [2.24, 2.45) is 0 Å². The predicted molar refractivity (Wildman–Crippen MR) is 123 cm³/mol. The molecule has 1 atom stereocenters. The van der Waals surface area contributed by atoms with Gasteiger partial charge in [0.1, 0.15) is 5.75 Å². The van der Waals surface area contributed by atoms with Crippen molar-refractivity contribution in [1.82, 2.24) is 0 Å². The van der Waals surface area contributed by atoms with E-state index >= 15 is 0 Å². The zero-order chi connectivity index (χ0) is 21.4. The largest absolute Gasteiger partial charge is 0.497 e. The highest BCUT2D eigenvalue weighted by molar-refractivity contribution is 7.54. The van der Waals surface area contributed by atoms with Crippen molar-refractivity contribution in [3.63, 3.8) is 0 Å². The van der Waals surface area contributed by atoms with Crippen LogP contribution >= 0.6 is 7.60 Å². The highest BCUT2D eigenvalue weighted by Gasteiger charge is 2.37. The maximum absolute atomic E-state index is 13.7. The molecule has 2 aromatic rings. The van der Waals surface area contributed by atoms with E-state index < -0.39 is 13.4 Å². The molecular formula is C23H33N2O4P. The second-order valence-corrected chi connectivity index (χ2v) is 9.40. The van der Waals surface area contributed by atoms with Gasteiger partial charge in [0.2, 0.25) is 0 Å². The lowest BCUT2D eigenvalue weighted by Gasteiger charge is -2.30. The topological polar surface area (TPSA) is 60.0 Å². The number of ether oxygens (including phenoxy) is 1. The molecule has 0 aromatic heterocycles. The summed E-state index contributed by atoms with van der Waals surface area (Å²) in [6.45, 7) is 6.45. The molecule has 164 valence electrons. The molecule has 0 radical (unpaired) electrons. The highest BCUT2D eigenvalue weighted by Crippen LogP contribution is 2.60. The van der Waals surface area contributed by atoms with E-state index in [4.69, 9.17) is 13.8 Å². The fourth-order valence-corrected chi connectivity index (χ4v) is 5.69. The van der Waals surface area contributed by atoms with Crippen LogP contribution in [0.2, 0.25) is 0 Å². The SMILES string of the molecule is CCOP(=O)(OCC)C(Nc1ccc(OC)cc1)c1ccc(N2CCCCC2)cc1. The van der Waals surface area contributed by atoms with E-state index in [-0.39, 0.29) is 0 Å². The molecule has 0 amide bonds. The van der Waals surface area contributed by atoms with Crippen LogP contribution in [0.25, 0.3) is 0 Å². The molecule has 1 unspecified atom stereocenters. The summed E-state index contributed by atoms with van der Waals surface area (Å²) in [7, 11) is -1.81. The number of hydrogen-bond acceptors (Lipinski definition) is 6. The Labute approximate surface area is 180 Å². The number of anilines is 2. The van der Waals surface area contributed by atoms with E-state index in [0.29, 0.717) is 13.2 Å². The molecule has 1 heterocycles. The van der Waals surface area contributed by atoms with Crippen molar-refractivity contribution >= 4 is 19.0 Å². The lowest BCUT2D eigenvalue weighted by molar-refractivity contribution is 0.214. The predicted octanol–water partition coefficient (Wildman–Crippen LogP) is 6.06. The molecule has 1 saturated heterocycles. The van der Waals surface area contributed by atoms with E-state index in [0.717, 1.165) is 30.1 Å². The van der Waals surface area contributed by atoms with Crippen molar-refractivity contribution in [3.8, 4) is 5.75 Å². The molecule has 1 N–H and O–H groups in total. The van der Waals surface area contributed by atoms with Crippen molar-refractivity contribution in [3.05, 3.63) is 54.1 Å². The normalized spacial score (nSPS) is 15.6. The van der Waals surface area contributed by atoms with Crippen LogP contribution in [-0.2, 0) is 13.6 Å². The molecule has 0 aliphatic carbocycles. The minimum atomic E-state index is -3.44. The Bertz CT molecular complexity index is 810. The first-order valence-corrected chi connectivity index (χ1v) is 12.3. The standard InChI is InChI=1S/C23H33N2O4P/c1-4-28-30(26,29-5-2)23(24-20-11-15-22(27-3)16-12-20)19-9-13-21(14-10-19)25-17-7-6-8-18-25/h9-16,23-24H,4-8,17-18H2,1-3H3. The summed E-state index contributed by atoms with van der Waals surface area (Å²) in [6, 6.07) is 15.8. The Morgan fingerprint density at radius 3 is 2.07 bits per heavy atom. The number of piperidine rings is 1. The Morgan fingerprint density at radius 1 is 0.933 bits per heavy atom. The maximum Gasteiger partial charge on any atom is 0.357 e. The van der Waals surface area contributed by atoms with Gasteiger partial charge in [-0.15, -0.1) is 0 Å². The van der Waals surface area contributed by atoms with E-state index in [1.807, 2.05) is 50.2 Å². The summed E-state index contributed by atoms with van der Waals surface area (Å²) in [5.74, 6) is 0.155. The van der Waals surface area contributed by atoms with Crippen LogP contribution in [-0.4, -0.2) is 33.4 Å². The van der Waals surface area contributed by atoms with Gasteiger partial charge in [-0.2, -0.15) is 0 Å². The molecule has 0 saturated carbocycles. The van der Waals surface area contributed by atoms with Gasteiger partial charge in [-0.25, -0.2) is 0 Å². The number of rotatable bonds is 10. The van der Waals surface area contributed by atoms with Crippen LogP contribution in [0, 0.1) is 0 Å². The average molecular weight is 433 g/mol. The molecule has 0 spiro atoms. The third kappa shape index (κ3) is 5.57. The van der Waals surface area contributed by atoms with Crippen LogP contribution in [0.3, 0.4) is 0 Å². The van der Waals surface area contributed by atoms with Crippen molar-refractivity contribution in [2.45, 2.75) is 38.9 Å². The van der Waals surface area contributed by atoms with Gasteiger partial charge in [-0.05, 0) is 75.1 Å². The number of benzene rings is 2. The summed E-state index contributed by atoms with van der Waals surface area (Å²) >= 11 is 0. The van der Waals surface area contributed by atoms with Crippen LogP contribution in [0.15, 0.2) is 48.5 Å². The van der Waals surface area contributed by atoms with Gasteiger partial charge in [0.25, 0.3) is 0 Å². The Kier molecular flexibility index (Phi) is 8.20. The summed E-state index contributed by atoms with van der Waals surface area (Å²) in [5, 5.41) is 3.37. The molecule has 2 aromatic carbocycles. The fraction of sp³-hybridized carbons (Fsp3) is 0.478. The van der Waals surface area contributed by atoms with E-state index in [1.54, 1.807) is 7.11 Å². The zero-order valence-corrected chi connectivity index (χ0v) is 19.1. The van der Waals surface area contributed by atoms with Gasteiger partial charge < -0.3 is 24.0 Å². The molecule has 1 aliphatic heterocycles. The number of hydrogen-bond donors (Lipinski definition) is 1. The van der Waals surface area contributed by atoms with Gasteiger partial charge in [0.05, 0.1) is 20.3 Å². The maximum atomic E-state index is 13.7. The molecule has 7 heteroatoms. The van der Waals surface area contributed by atoms with Gasteiger partial charge >= 0.3 is 7.60 Å². The van der Waals surface area contributed by atoms with Gasteiger partial charge in [-0.1, -0.05) is 12.1 Å². The van der Waals surface area contributed by atoms with Crippen LogP contribution in [0.1, 0.15) is 44.5 Å². The Balaban J connectivity index is 1.89. The first-order valence-electron chi connectivity index (χ1n) is 10.7. The second kappa shape index (κ2) is 10.9. The lowest BCUT2D eigenvalue weighted by Crippen LogP contribution is -2.29. The van der Waals surface area contributed by atoms with Crippen molar-refractivity contribution < 1.29 is 18.3 Å². The third-order valence-corrected chi connectivity index (χ3v) is 7.55. The molecule has 3 rings (SSSR count). The van der Waals surface area contributed by atoms with Gasteiger partial charge in [0, 0.05) is 24.5 Å². The minimum Gasteiger partial charge on any atom is -0.497 e. The van der Waals surface area contributed by atoms with Crippen molar-refractivity contribution in [2.75, 3.05) is 43.6 Å². The zero-order valence-electron chi connectivity index (χ0n) is 18.2. The molecule has 1 fully saturated rings. The smallest absolute Gasteiger partial charge is 0.357 e. The van der Waals surface area contributed by atoms with Gasteiger partial charge in [0.15, 0.2) is 5.78 Å². The van der Waals surface area contributed by atoms with Crippen LogP contribution in [0.4, 0.5) is 11.4 Å².